The molecular weight excluding hydrogens is 272 g/mol. The van der Waals surface area contributed by atoms with Crippen LogP contribution in [-0.2, 0) is 0 Å². The lowest BCUT2D eigenvalue weighted by Crippen LogP contribution is -2.37. The van der Waals surface area contributed by atoms with Gasteiger partial charge in [0.2, 0.25) is 0 Å². The van der Waals surface area contributed by atoms with E-state index in [2.05, 4.69) is 29.3 Å². The van der Waals surface area contributed by atoms with Gasteiger partial charge in [0.1, 0.15) is 0 Å². The Morgan fingerprint density at radius 2 is 2.10 bits per heavy atom. The molecule has 0 radical (unpaired) electrons. The molecule has 0 aromatic heterocycles. The Hall–Kier alpha value is -0.610. The van der Waals surface area contributed by atoms with E-state index < -0.39 is 0 Å². The smallest absolute Gasteiger partial charge is 0.0589 e. The van der Waals surface area contributed by atoms with E-state index in [1.54, 1.807) is 0 Å². The van der Waals surface area contributed by atoms with Gasteiger partial charge in [0, 0.05) is 23.7 Å². The molecule has 1 saturated heterocycles. The number of nitrogens with zero attached hydrogens (tertiary/aromatic N) is 1. The standard InChI is InChI=1S/C16H25ClN2O/c1-12-7-9-19(16(12)11-20)10-8-15(18-2)13-3-5-14(17)6-4-13/h3-6,12,15-16,18,20H,7-11H2,1-2H3. The summed E-state index contributed by atoms with van der Waals surface area (Å²) >= 11 is 5.94. The van der Waals surface area contributed by atoms with Crippen LogP contribution in [0, 0.1) is 5.92 Å². The van der Waals surface area contributed by atoms with E-state index in [-0.39, 0.29) is 6.61 Å². The molecule has 112 valence electrons. The number of halogens is 1. The number of likely N-dealkylation sites (tertiary alicyclic amines) is 1. The third kappa shape index (κ3) is 3.73. The van der Waals surface area contributed by atoms with Crippen LogP contribution in [0.3, 0.4) is 0 Å². The number of aliphatic hydroxyl groups excluding tert-OH is 1. The molecule has 3 unspecified atom stereocenters. The summed E-state index contributed by atoms with van der Waals surface area (Å²) in [6.45, 7) is 4.62. The maximum atomic E-state index is 9.50. The number of rotatable bonds is 6. The van der Waals surface area contributed by atoms with Crippen LogP contribution in [0.15, 0.2) is 24.3 Å². The van der Waals surface area contributed by atoms with Crippen molar-refractivity contribution >= 4 is 11.6 Å². The molecule has 1 heterocycles. The first-order chi connectivity index (χ1) is 9.65. The molecule has 1 aromatic carbocycles. The average Bonchev–Trinajstić information content (AvgIpc) is 2.81. The maximum Gasteiger partial charge on any atom is 0.0589 e. The van der Waals surface area contributed by atoms with E-state index in [1.165, 1.54) is 12.0 Å². The van der Waals surface area contributed by atoms with Gasteiger partial charge in [-0.3, -0.25) is 4.90 Å². The second-order valence-electron chi connectivity index (χ2n) is 5.73. The minimum atomic E-state index is 0.270. The molecule has 3 atom stereocenters. The first-order valence-corrected chi connectivity index (χ1v) is 7.81. The molecule has 2 rings (SSSR count). The van der Waals surface area contributed by atoms with Crippen molar-refractivity contribution in [3.05, 3.63) is 34.9 Å². The Labute approximate surface area is 126 Å². The van der Waals surface area contributed by atoms with Crippen LogP contribution in [0.2, 0.25) is 5.02 Å². The summed E-state index contributed by atoms with van der Waals surface area (Å²) in [6.07, 6.45) is 2.23. The van der Waals surface area contributed by atoms with Gasteiger partial charge >= 0.3 is 0 Å². The maximum absolute atomic E-state index is 9.50. The van der Waals surface area contributed by atoms with Crippen molar-refractivity contribution in [2.24, 2.45) is 5.92 Å². The second-order valence-corrected chi connectivity index (χ2v) is 6.17. The summed E-state index contributed by atoms with van der Waals surface area (Å²) in [7, 11) is 2.00. The van der Waals surface area contributed by atoms with E-state index in [1.807, 2.05) is 19.2 Å². The fraction of sp³-hybridized carbons (Fsp3) is 0.625. The quantitative estimate of drug-likeness (QED) is 0.847. The third-order valence-electron chi connectivity index (χ3n) is 4.51. The molecule has 1 aliphatic heterocycles. The highest BCUT2D eigenvalue weighted by Crippen LogP contribution is 2.26. The van der Waals surface area contributed by atoms with Crippen molar-refractivity contribution in [1.82, 2.24) is 10.2 Å². The van der Waals surface area contributed by atoms with Crippen molar-refractivity contribution in [2.75, 3.05) is 26.7 Å². The van der Waals surface area contributed by atoms with Crippen molar-refractivity contribution < 1.29 is 5.11 Å². The highest BCUT2D eigenvalue weighted by molar-refractivity contribution is 6.30. The van der Waals surface area contributed by atoms with Crippen molar-refractivity contribution in [3.63, 3.8) is 0 Å². The van der Waals surface area contributed by atoms with Crippen LogP contribution in [0.1, 0.15) is 31.4 Å². The summed E-state index contributed by atoms with van der Waals surface area (Å²) in [5.41, 5.74) is 1.27. The summed E-state index contributed by atoms with van der Waals surface area (Å²) in [6, 6.07) is 8.71. The molecule has 1 fully saturated rings. The lowest BCUT2D eigenvalue weighted by molar-refractivity contribution is 0.135. The SMILES string of the molecule is CNC(CCN1CCC(C)C1CO)c1ccc(Cl)cc1. The Bertz CT molecular complexity index is 409. The first-order valence-electron chi connectivity index (χ1n) is 7.43. The Kier molecular flexibility index (Phi) is 5.85. The normalized spacial score (nSPS) is 25.0. The average molecular weight is 297 g/mol. The molecule has 1 aliphatic rings. The zero-order chi connectivity index (χ0) is 14.5. The molecule has 0 aliphatic carbocycles. The minimum absolute atomic E-state index is 0.270. The fourth-order valence-electron chi connectivity index (χ4n) is 3.13. The minimum Gasteiger partial charge on any atom is -0.395 e. The predicted octanol–water partition coefficient (Wildman–Crippen LogP) is 2.69. The van der Waals surface area contributed by atoms with Crippen LogP contribution in [0.4, 0.5) is 0 Å². The van der Waals surface area contributed by atoms with E-state index >= 15 is 0 Å². The van der Waals surface area contributed by atoms with E-state index in [9.17, 15) is 5.11 Å². The highest BCUT2D eigenvalue weighted by atomic mass is 35.5. The lowest BCUT2D eigenvalue weighted by Gasteiger charge is -2.27. The second kappa shape index (κ2) is 7.41. The van der Waals surface area contributed by atoms with Crippen molar-refractivity contribution in [1.29, 1.82) is 0 Å². The number of hydrogen-bond donors (Lipinski definition) is 2. The van der Waals surface area contributed by atoms with Gasteiger partial charge in [0.15, 0.2) is 0 Å². The van der Waals surface area contributed by atoms with Crippen LogP contribution < -0.4 is 5.32 Å². The largest absolute Gasteiger partial charge is 0.395 e. The van der Waals surface area contributed by atoms with E-state index in [0.717, 1.165) is 24.5 Å². The van der Waals surface area contributed by atoms with E-state index in [4.69, 9.17) is 11.6 Å². The summed E-state index contributed by atoms with van der Waals surface area (Å²) in [5, 5.41) is 13.7. The first kappa shape index (κ1) is 15.8. The number of hydrogen-bond acceptors (Lipinski definition) is 3. The van der Waals surface area contributed by atoms with Crippen LogP contribution >= 0.6 is 11.6 Å². The van der Waals surface area contributed by atoms with Gasteiger partial charge in [-0.2, -0.15) is 0 Å². The number of nitrogens with one attached hydrogen (secondary N) is 1. The summed E-state index contributed by atoms with van der Waals surface area (Å²) in [4.78, 5) is 2.42. The van der Waals surface area contributed by atoms with Gasteiger partial charge in [-0.25, -0.2) is 0 Å². The number of benzene rings is 1. The molecule has 0 spiro atoms. The Balaban J connectivity index is 1.92. The van der Waals surface area contributed by atoms with Gasteiger partial charge in [-0.05, 0) is 50.0 Å². The zero-order valence-corrected chi connectivity index (χ0v) is 13.1. The summed E-state index contributed by atoms with van der Waals surface area (Å²) < 4.78 is 0. The Morgan fingerprint density at radius 3 is 2.70 bits per heavy atom. The van der Waals surface area contributed by atoms with Crippen LogP contribution in [0.5, 0.6) is 0 Å². The van der Waals surface area contributed by atoms with Gasteiger partial charge < -0.3 is 10.4 Å². The van der Waals surface area contributed by atoms with Crippen molar-refractivity contribution in [3.8, 4) is 0 Å². The van der Waals surface area contributed by atoms with E-state index in [0.29, 0.717) is 18.0 Å². The van der Waals surface area contributed by atoms with Crippen molar-refractivity contribution in [2.45, 2.75) is 31.8 Å². The molecule has 3 nitrogen and oxygen atoms in total. The molecule has 2 N–H and O–H groups in total. The zero-order valence-electron chi connectivity index (χ0n) is 12.3. The van der Waals surface area contributed by atoms with Gasteiger partial charge in [0.25, 0.3) is 0 Å². The van der Waals surface area contributed by atoms with Crippen LogP contribution in [-0.4, -0.2) is 42.8 Å². The molecule has 4 heteroatoms. The molecule has 0 amide bonds. The molecule has 0 saturated carbocycles. The molecule has 0 bridgehead atoms. The van der Waals surface area contributed by atoms with Gasteiger partial charge in [-0.15, -0.1) is 0 Å². The molecule has 1 aromatic rings. The molecular formula is C16H25ClN2O. The van der Waals surface area contributed by atoms with Gasteiger partial charge in [0.05, 0.1) is 6.61 Å². The highest BCUT2D eigenvalue weighted by Gasteiger charge is 2.30. The Morgan fingerprint density at radius 1 is 1.40 bits per heavy atom. The predicted molar refractivity (Wildman–Crippen MR) is 84.1 cm³/mol. The number of aliphatic hydroxyl groups is 1. The third-order valence-corrected chi connectivity index (χ3v) is 4.76. The van der Waals surface area contributed by atoms with Gasteiger partial charge in [-0.1, -0.05) is 30.7 Å². The van der Waals surface area contributed by atoms with Crippen LogP contribution in [0.25, 0.3) is 0 Å². The summed E-state index contributed by atoms with van der Waals surface area (Å²) in [5.74, 6) is 0.601. The molecule has 20 heavy (non-hydrogen) atoms. The monoisotopic (exact) mass is 296 g/mol. The lowest BCUT2D eigenvalue weighted by atomic mass is 10.0. The topological polar surface area (TPSA) is 35.5 Å². The fourth-order valence-corrected chi connectivity index (χ4v) is 3.25.